The Hall–Kier alpha value is -1.94. The second kappa shape index (κ2) is 4.51. The van der Waals surface area contributed by atoms with Crippen molar-refractivity contribution >= 4 is 18.2 Å². The molecule has 1 aromatic rings. The van der Waals surface area contributed by atoms with E-state index in [1.807, 2.05) is 30.5 Å². The highest BCUT2D eigenvalue weighted by Crippen LogP contribution is 2.27. The monoisotopic (exact) mass is 241 g/mol. The molecule has 3 heterocycles. The second-order valence-corrected chi connectivity index (χ2v) is 4.46. The van der Waals surface area contributed by atoms with Crippen LogP contribution in [0.4, 0.5) is 0 Å². The van der Waals surface area contributed by atoms with Gasteiger partial charge in [0, 0.05) is 18.6 Å². The normalized spacial score (nSPS) is 17.8. The molecule has 2 aliphatic heterocycles. The number of fused-ring (bicyclic) bond motifs is 1. The summed E-state index contributed by atoms with van der Waals surface area (Å²) in [5.74, 6) is 0. The average molecular weight is 241 g/mol. The van der Waals surface area contributed by atoms with E-state index in [0.717, 1.165) is 11.4 Å². The lowest BCUT2D eigenvalue weighted by molar-refractivity contribution is 0.803. The summed E-state index contributed by atoms with van der Waals surface area (Å²) in [6, 6.07) is 5.89. The minimum Gasteiger partial charge on any atom is -0.316 e. The molecule has 0 radical (unpaired) electrons. The third-order valence-corrected chi connectivity index (χ3v) is 3.22. The number of aromatic nitrogens is 1. The zero-order valence-electron chi connectivity index (χ0n) is 9.08. The predicted octanol–water partition coefficient (Wildman–Crippen LogP) is 2.86. The van der Waals surface area contributed by atoms with E-state index in [9.17, 15) is 0 Å². The van der Waals surface area contributed by atoms with E-state index in [0.29, 0.717) is 0 Å². The third-order valence-electron chi connectivity index (χ3n) is 2.46. The van der Waals surface area contributed by atoms with Gasteiger partial charge in [0.15, 0.2) is 0 Å². The SMILES string of the molecule is C(=Cc1ccccn1)C1=CC2=CNSN2C=C1. The predicted molar refractivity (Wildman–Crippen MR) is 71.1 cm³/mol. The van der Waals surface area contributed by atoms with Crippen molar-refractivity contribution in [3.05, 3.63) is 72.0 Å². The van der Waals surface area contributed by atoms with E-state index < -0.39 is 0 Å². The van der Waals surface area contributed by atoms with Crippen molar-refractivity contribution in [1.82, 2.24) is 14.0 Å². The van der Waals surface area contributed by atoms with Crippen LogP contribution in [0.1, 0.15) is 5.69 Å². The largest absolute Gasteiger partial charge is 0.316 e. The molecule has 0 saturated carbocycles. The molecule has 2 aliphatic rings. The lowest BCUT2D eigenvalue weighted by atomic mass is 10.1. The van der Waals surface area contributed by atoms with Gasteiger partial charge < -0.3 is 4.72 Å². The smallest absolute Gasteiger partial charge is 0.0726 e. The minimum atomic E-state index is 0.970. The molecule has 1 N–H and O–H groups in total. The quantitative estimate of drug-likeness (QED) is 0.806. The fourth-order valence-electron chi connectivity index (χ4n) is 1.61. The van der Waals surface area contributed by atoms with Gasteiger partial charge in [-0.2, -0.15) is 0 Å². The standard InChI is InChI=1S/C13H11N3S/c1-2-7-14-12(3-1)5-4-11-6-8-16-13(9-11)10-15-17-16/h1-10,15H. The third kappa shape index (κ3) is 2.26. The van der Waals surface area contributed by atoms with Gasteiger partial charge in [-0.05, 0) is 35.9 Å². The highest BCUT2D eigenvalue weighted by Gasteiger charge is 2.14. The summed E-state index contributed by atoms with van der Waals surface area (Å²) < 4.78 is 5.19. The molecular weight excluding hydrogens is 230 g/mol. The topological polar surface area (TPSA) is 28.2 Å². The van der Waals surface area contributed by atoms with Crippen molar-refractivity contribution in [1.29, 1.82) is 0 Å². The summed E-state index contributed by atoms with van der Waals surface area (Å²) in [5.41, 5.74) is 3.30. The van der Waals surface area contributed by atoms with E-state index in [1.165, 1.54) is 5.57 Å². The van der Waals surface area contributed by atoms with Gasteiger partial charge in [0.05, 0.1) is 23.5 Å². The van der Waals surface area contributed by atoms with Gasteiger partial charge in [0.1, 0.15) is 0 Å². The van der Waals surface area contributed by atoms with Gasteiger partial charge in [-0.3, -0.25) is 9.29 Å². The maximum atomic E-state index is 4.25. The Bertz CT molecular complexity index is 529. The van der Waals surface area contributed by atoms with Crippen molar-refractivity contribution in [3.63, 3.8) is 0 Å². The summed E-state index contributed by atoms with van der Waals surface area (Å²) in [6.45, 7) is 0. The molecule has 84 valence electrons. The molecule has 0 atom stereocenters. The second-order valence-electron chi connectivity index (χ2n) is 3.65. The van der Waals surface area contributed by atoms with E-state index in [1.54, 1.807) is 18.3 Å². The van der Waals surface area contributed by atoms with Crippen molar-refractivity contribution in [2.75, 3.05) is 0 Å². The van der Waals surface area contributed by atoms with Crippen molar-refractivity contribution < 1.29 is 0 Å². The molecule has 0 aliphatic carbocycles. The van der Waals surface area contributed by atoms with Gasteiger partial charge in [-0.1, -0.05) is 12.1 Å². The summed E-state index contributed by atoms with van der Waals surface area (Å²) in [6.07, 6.45) is 14.1. The molecule has 0 spiro atoms. The van der Waals surface area contributed by atoms with Crippen LogP contribution >= 0.6 is 12.1 Å². The first kappa shape index (κ1) is 10.2. The van der Waals surface area contributed by atoms with Crippen molar-refractivity contribution in [2.24, 2.45) is 0 Å². The van der Waals surface area contributed by atoms with Crippen molar-refractivity contribution in [2.45, 2.75) is 0 Å². The Morgan fingerprint density at radius 3 is 3.18 bits per heavy atom. The van der Waals surface area contributed by atoms with Crippen molar-refractivity contribution in [3.8, 4) is 0 Å². The molecule has 3 nitrogen and oxygen atoms in total. The van der Waals surface area contributed by atoms with Crippen LogP contribution in [0.3, 0.4) is 0 Å². The Balaban J connectivity index is 1.78. The van der Waals surface area contributed by atoms with E-state index in [2.05, 4.69) is 38.4 Å². The number of pyridine rings is 1. The van der Waals surface area contributed by atoms with Crippen LogP contribution in [-0.4, -0.2) is 9.29 Å². The van der Waals surface area contributed by atoms with Gasteiger partial charge in [-0.15, -0.1) is 0 Å². The summed E-state index contributed by atoms with van der Waals surface area (Å²) >= 11 is 1.57. The van der Waals surface area contributed by atoms with Gasteiger partial charge in [0.25, 0.3) is 0 Å². The number of allylic oxidation sites excluding steroid dienone is 4. The van der Waals surface area contributed by atoms with Crippen LogP contribution < -0.4 is 4.72 Å². The Labute approximate surface area is 105 Å². The van der Waals surface area contributed by atoms with Crippen LogP contribution in [0.5, 0.6) is 0 Å². The number of rotatable bonds is 2. The number of nitrogens with one attached hydrogen (secondary N) is 1. The first-order valence-corrected chi connectivity index (χ1v) is 6.10. The molecule has 17 heavy (non-hydrogen) atoms. The summed E-state index contributed by atoms with van der Waals surface area (Å²) in [7, 11) is 0. The Morgan fingerprint density at radius 2 is 2.29 bits per heavy atom. The maximum Gasteiger partial charge on any atom is 0.0726 e. The first-order chi connectivity index (χ1) is 8.42. The molecule has 0 aromatic carbocycles. The number of hydrogen-bond acceptors (Lipinski definition) is 4. The van der Waals surface area contributed by atoms with E-state index in [4.69, 9.17) is 0 Å². The molecule has 4 heteroatoms. The minimum absolute atomic E-state index is 0.970. The number of nitrogens with zero attached hydrogens (tertiary/aromatic N) is 2. The molecule has 3 rings (SSSR count). The van der Waals surface area contributed by atoms with Crippen LogP contribution in [0.15, 0.2) is 66.3 Å². The molecule has 0 amide bonds. The first-order valence-electron chi connectivity index (χ1n) is 5.33. The highest BCUT2D eigenvalue weighted by molar-refractivity contribution is 7.95. The van der Waals surface area contributed by atoms with E-state index >= 15 is 0 Å². The molecule has 0 bridgehead atoms. The fourth-order valence-corrected chi connectivity index (χ4v) is 2.23. The van der Waals surface area contributed by atoms with Crippen LogP contribution in [0.25, 0.3) is 6.08 Å². The molecule has 1 aromatic heterocycles. The average Bonchev–Trinajstić information content (AvgIpc) is 2.85. The molecular formula is C13H11N3S. The maximum absolute atomic E-state index is 4.25. The number of hydrogen-bond donors (Lipinski definition) is 1. The van der Waals surface area contributed by atoms with Gasteiger partial charge in [-0.25, -0.2) is 0 Å². The van der Waals surface area contributed by atoms with Crippen LogP contribution in [0, 0.1) is 0 Å². The van der Waals surface area contributed by atoms with Crippen LogP contribution in [0.2, 0.25) is 0 Å². The molecule has 0 saturated heterocycles. The lowest BCUT2D eigenvalue weighted by Crippen LogP contribution is -2.05. The zero-order valence-corrected chi connectivity index (χ0v) is 9.89. The Kier molecular flexibility index (Phi) is 2.71. The zero-order chi connectivity index (χ0) is 11.5. The van der Waals surface area contributed by atoms with Crippen LogP contribution in [-0.2, 0) is 0 Å². The highest BCUT2D eigenvalue weighted by atomic mass is 32.2. The molecule has 0 unspecified atom stereocenters. The summed E-state index contributed by atoms with van der Waals surface area (Å²) in [5, 5.41) is 0. The summed E-state index contributed by atoms with van der Waals surface area (Å²) in [4.78, 5) is 4.25. The van der Waals surface area contributed by atoms with Gasteiger partial charge >= 0.3 is 0 Å². The fraction of sp³-hybridized carbons (Fsp3) is 0. The van der Waals surface area contributed by atoms with Gasteiger partial charge in [0.2, 0.25) is 0 Å². The molecule has 0 fully saturated rings. The van der Waals surface area contributed by atoms with E-state index in [-0.39, 0.29) is 0 Å². The Morgan fingerprint density at radius 1 is 1.29 bits per heavy atom. The lowest BCUT2D eigenvalue weighted by Gasteiger charge is -2.15.